The monoisotopic (exact) mass is 421 g/mol. The van der Waals surface area contributed by atoms with E-state index in [-0.39, 0.29) is 29.7 Å². The molecule has 1 aliphatic carbocycles. The zero-order valence-corrected chi connectivity index (χ0v) is 16.8. The van der Waals surface area contributed by atoms with Crippen LogP contribution in [-0.2, 0) is 17.4 Å². The Kier molecular flexibility index (Phi) is 5.03. The lowest BCUT2D eigenvalue weighted by atomic mass is 9.80. The van der Waals surface area contributed by atoms with Crippen molar-refractivity contribution in [2.24, 2.45) is 5.92 Å². The lowest BCUT2D eigenvalue weighted by molar-refractivity contribution is -0.141. The maximum Gasteiger partial charge on any atom is 0.433 e. The van der Waals surface area contributed by atoms with Gasteiger partial charge in [0, 0.05) is 25.7 Å². The molecule has 2 aromatic rings. The van der Waals surface area contributed by atoms with Crippen LogP contribution in [0.4, 0.5) is 24.7 Å². The number of hydrogen-bond acceptors (Lipinski definition) is 6. The Balaban J connectivity index is 1.38. The van der Waals surface area contributed by atoms with Crippen LogP contribution in [0.1, 0.15) is 37.0 Å². The molecule has 0 aromatic carbocycles. The van der Waals surface area contributed by atoms with Gasteiger partial charge in [0.2, 0.25) is 5.91 Å². The number of anilines is 2. The number of hydrogen-bond donors (Lipinski definition) is 1. The zero-order valence-electron chi connectivity index (χ0n) is 16.8. The Bertz CT molecular complexity index is 975. The van der Waals surface area contributed by atoms with Gasteiger partial charge < -0.3 is 15.0 Å². The van der Waals surface area contributed by atoms with E-state index in [2.05, 4.69) is 20.3 Å². The molecule has 4 rings (SSSR count). The summed E-state index contributed by atoms with van der Waals surface area (Å²) in [4.78, 5) is 26.3. The van der Waals surface area contributed by atoms with Crippen LogP contribution in [0.15, 0.2) is 18.3 Å². The highest BCUT2D eigenvalue weighted by Crippen LogP contribution is 2.37. The van der Waals surface area contributed by atoms with Crippen molar-refractivity contribution in [2.75, 3.05) is 17.3 Å². The second-order valence-electron chi connectivity index (χ2n) is 7.86. The zero-order chi connectivity index (χ0) is 21.6. The molecular formula is C20H22F3N5O2. The standard InChI is InChI=1S/C20H22F3N5O2/c1-10-17-18(28(3)11(2)19(29)27-17)26-16(25-10)8-12-6-14(7-12)30-13-4-5-24-15(9-13)20(21,22)23/h4-5,9,11-12,14H,6-8H2,1-3H3,(H,27,29)/t11-,12?,14?/m0/s1. The second kappa shape index (κ2) is 7.41. The Hall–Kier alpha value is -2.91. The highest BCUT2D eigenvalue weighted by Gasteiger charge is 2.35. The van der Waals surface area contributed by atoms with Crippen molar-refractivity contribution in [1.82, 2.24) is 15.0 Å². The van der Waals surface area contributed by atoms with E-state index >= 15 is 0 Å². The summed E-state index contributed by atoms with van der Waals surface area (Å²) in [6.45, 7) is 3.65. The number of aromatic nitrogens is 3. The predicted octanol–water partition coefficient (Wildman–Crippen LogP) is 3.38. The number of nitrogens with one attached hydrogen (secondary N) is 1. The third-order valence-electron chi connectivity index (χ3n) is 5.65. The van der Waals surface area contributed by atoms with Crippen molar-refractivity contribution in [3.63, 3.8) is 0 Å². The molecule has 10 heteroatoms. The van der Waals surface area contributed by atoms with Crippen LogP contribution in [-0.4, -0.2) is 40.1 Å². The number of nitrogens with zero attached hydrogens (tertiary/aromatic N) is 4. The molecule has 0 unspecified atom stereocenters. The van der Waals surface area contributed by atoms with Crippen molar-refractivity contribution in [2.45, 2.75) is 51.4 Å². The number of rotatable bonds is 4. The van der Waals surface area contributed by atoms with E-state index in [0.29, 0.717) is 42.3 Å². The number of alkyl halides is 3. The van der Waals surface area contributed by atoms with Crippen molar-refractivity contribution in [3.8, 4) is 5.75 Å². The Labute approximate surface area is 171 Å². The SMILES string of the molecule is Cc1nc(CC2CC(Oc3ccnc(C(F)(F)F)c3)C2)nc2c1NC(=O)[C@H](C)N2C. The minimum Gasteiger partial charge on any atom is -0.490 e. The van der Waals surface area contributed by atoms with Gasteiger partial charge in [0.15, 0.2) is 5.82 Å². The molecule has 0 radical (unpaired) electrons. The van der Waals surface area contributed by atoms with Crippen LogP contribution in [0.5, 0.6) is 5.75 Å². The molecule has 160 valence electrons. The second-order valence-corrected chi connectivity index (χ2v) is 7.86. The van der Waals surface area contributed by atoms with Gasteiger partial charge in [-0.3, -0.25) is 9.78 Å². The van der Waals surface area contributed by atoms with E-state index in [9.17, 15) is 18.0 Å². The summed E-state index contributed by atoms with van der Waals surface area (Å²) in [5, 5.41) is 2.86. The molecule has 1 aliphatic heterocycles. The summed E-state index contributed by atoms with van der Waals surface area (Å²) < 4.78 is 44.0. The molecule has 2 aromatic heterocycles. The van der Waals surface area contributed by atoms with Gasteiger partial charge >= 0.3 is 6.18 Å². The average molecular weight is 421 g/mol. The number of aryl methyl sites for hydroxylation is 1. The third kappa shape index (κ3) is 3.90. The topological polar surface area (TPSA) is 80.2 Å². The molecule has 2 aliphatic rings. The van der Waals surface area contributed by atoms with Gasteiger partial charge in [0.1, 0.15) is 29.0 Å². The molecule has 30 heavy (non-hydrogen) atoms. The van der Waals surface area contributed by atoms with Crippen molar-refractivity contribution in [1.29, 1.82) is 0 Å². The van der Waals surface area contributed by atoms with Crippen LogP contribution in [0.3, 0.4) is 0 Å². The summed E-state index contributed by atoms with van der Waals surface area (Å²) in [6.07, 6.45) is -1.45. The number of ether oxygens (including phenoxy) is 1. The first-order valence-corrected chi connectivity index (χ1v) is 9.73. The number of likely N-dealkylation sites (N-methyl/N-ethyl adjacent to an activating group) is 1. The van der Waals surface area contributed by atoms with Crippen LogP contribution < -0.4 is 15.0 Å². The first-order valence-electron chi connectivity index (χ1n) is 9.73. The first-order chi connectivity index (χ1) is 14.1. The van der Waals surface area contributed by atoms with E-state index in [4.69, 9.17) is 4.74 Å². The average Bonchev–Trinajstić information content (AvgIpc) is 2.65. The Morgan fingerprint density at radius 3 is 2.73 bits per heavy atom. The summed E-state index contributed by atoms with van der Waals surface area (Å²) in [6, 6.07) is 2.04. The Morgan fingerprint density at radius 2 is 2.03 bits per heavy atom. The lowest BCUT2D eigenvalue weighted by Crippen LogP contribution is -2.45. The molecule has 1 amide bonds. The van der Waals surface area contributed by atoms with E-state index in [0.717, 1.165) is 12.3 Å². The molecule has 1 saturated carbocycles. The fourth-order valence-electron chi connectivity index (χ4n) is 3.72. The minimum atomic E-state index is -4.49. The maximum absolute atomic E-state index is 12.8. The smallest absolute Gasteiger partial charge is 0.433 e. The molecule has 0 saturated heterocycles. The third-order valence-corrected chi connectivity index (χ3v) is 5.65. The van der Waals surface area contributed by atoms with Gasteiger partial charge in [0.25, 0.3) is 0 Å². The number of pyridine rings is 1. The normalized spacial score (nSPS) is 23.5. The summed E-state index contributed by atoms with van der Waals surface area (Å²) >= 11 is 0. The van der Waals surface area contributed by atoms with E-state index in [1.165, 1.54) is 6.07 Å². The van der Waals surface area contributed by atoms with E-state index in [1.54, 1.807) is 0 Å². The highest BCUT2D eigenvalue weighted by atomic mass is 19.4. The highest BCUT2D eigenvalue weighted by molar-refractivity contribution is 6.02. The molecule has 1 fully saturated rings. The number of carbonyl (C=O) groups excluding carboxylic acids is 1. The summed E-state index contributed by atoms with van der Waals surface area (Å²) in [5.41, 5.74) is 0.391. The van der Waals surface area contributed by atoms with Crippen LogP contribution in [0, 0.1) is 12.8 Å². The molecular weight excluding hydrogens is 399 g/mol. The van der Waals surface area contributed by atoms with Crippen LogP contribution in [0.2, 0.25) is 0 Å². The number of halogens is 3. The lowest BCUT2D eigenvalue weighted by Gasteiger charge is -2.36. The van der Waals surface area contributed by atoms with Crippen molar-refractivity contribution >= 4 is 17.4 Å². The predicted molar refractivity (Wildman–Crippen MR) is 103 cm³/mol. The van der Waals surface area contributed by atoms with Gasteiger partial charge in [-0.05, 0) is 38.7 Å². The van der Waals surface area contributed by atoms with Gasteiger partial charge in [-0.15, -0.1) is 0 Å². The fraction of sp³-hybridized carbons (Fsp3) is 0.500. The summed E-state index contributed by atoms with van der Waals surface area (Å²) in [5.74, 6) is 1.76. The molecule has 3 heterocycles. The van der Waals surface area contributed by atoms with Crippen LogP contribution >= 0.6 is 0 Å². The van der Waals surface area contributed by atoms with Crippen LogP contribution in [0.25, 0.3) is 0 Å². The fourth-order valence-corrected chi connectivity index (χ4v) is 3.72. The number of fused-ring (bicyclic) bond motifs is 1. The van der Waals surface area contributed by atoms with E-state index < -0.39 is 11.9 Å². The van der Waals surface area contributed by atoms with Gasteiger partial charge in [-0.1, -0.05) is 0 Å². The number of amides is 1. The van der Waals surface area contributed by atoms with Crippen molar-refractivity contribution in [3.05, 3.63) is 35.5 Å². The molecule has 0 spiro atoms. The quantitative estimate of drug-likeness (QED) is 0.815. The largest absolute Gasteiger partial charge is 0.490 e. The molecule has 1 N–H and O–H groups in total. The van der Waals surface area contributed by atoms with Gasteiger partial charge in [-0.25, -0.2) is 9.97 Å². The minimum absolute atomic E-state index is 0.0896. The van der Waals surface area contributed by atoms with Crippen molar-refractivity contribution < 1.29 is 22.7 Å². The summed E-state index contributed by atoms with van der Waals surface area (Å²) in [7, 11) is 1.83. The molecule has 0 bridgehead atoms. The number of carbonyl (C=O) groups is 1. The Morgan fingerprint density at radius 1 is 1.30 bits per heavy atom. The van der Waals surface area contributed by atoms with E-state index in [1.807, 2.05) is 25.8 Å². The van der Waals surface area contributed by atoms with Gasteiger partial charge in [-0.2, -0.15) is 13.2 Å². The maximum atomic E-state index is 12.8. The first kappa shape index (κ1) is 20.4. The molecule has 1 atom stereocenters. The molecule has 7 nitrogen and oxygen atoms in total. The van der Waals surface area contributed by atoms with Gasteiger partial charge in [0.05, 0.1) is 11.8 Å².